The second-order valence-corrected chi connectivity index (χ2v) is 21.7. The molecule has 0 saturated carbocycles. The minimum Gasteiger partial charge on any atom is -0.508 e. The normalized spacial score (nSPS) is 22.2. The number of para-hydroxylation sites is 1. The van der Waals surface area contributed by atoms with E-state index < -0.39 is 119 Å². The first-order valence-electron chi connectivity index (χ1n) is 23.8. The standard InChI is InChI=1S/C50H64N10O12S2/c1-26(2)40(49(71)72)59-47(69)38-25-73-74-50(3,4)41(60-42(64)32(52)23-39(62)63)48(70)57-36(20-27-10-6-5-7-11-27)44(66)56-37(22-29-24-53-33-13-9-8-12-31(29)33)46(68)54-34(18-19-51)43(65)55-35(45(67)58-38)21-28-14-16-30(61)17-15-28/h5-17,24,26,32,34-38,40-41,53,61H,18-23,25,51-52H2,1-4H3,(H,54,68)(H,55,65)(H,56,66)(H,57,70)(H,58,67)(H,59,69)(H,60,64)(H,62,63)(H,71,72). The Balaban J connectivity index is 1.65. The van der Waals surface area contributed by atoms with E-state index in [0.29, 0.717) is 16.7 Å². The van der Waals surface area contributed by atoms with Gasteiger partial charge in [-0.3, -0.25) is 38.4 Å². The van der Waals surface area contributed by atoms with Gasteiger partial charge in [-0.2, -0.15) is 0 Å². The van der Waals surface area contributed by atoms with Gasteiger partial charge >= 0.3 is 11.9 Å². The number of nitrogens with two attached hydrogens (primary N) is 2. The highest BCUT2D eigenvalue weighted by Gasteiger charge is 2.42. The van der Waals surface area contributed by atoms with Crippen molar-refractivity contribution >= 4 is 85.8 Å². The first kappa shape index (κ1) is 57.7. The van der Waals surface area contributed by atoms with Crippen LogP contribution in [0.4, 0.5) is 0 Å². The van der Waals surface area contributed by atoms with Crippen molar-refractivity contribution in [2.45, 2.75) is 113 Å². The molecule has 2 heterocycles. The van der Waals surface area contributed by atoms with E-state index in [4.69, 9.17) is 11.5 Å². The Morgan fingerprint density at radius 2 is 1.27 bits per heavy atom. The number of amides is 7. The topological polar surface area (TPSA) is 366 Å². The van der Waals surface area contributed by atoms with E-state index in [9.17, 15) is 58.5 Å². The van der Waals surface area contributed by atoms with Crippen LogP contribution in [0.5, 0.6) is 5.75 Å². The summed E-state index contributed by atoms with van der Waals surface area (Å²) < 4.78 is -1.42. The van der Waals surface area contributed by atoms with Gasteiger partial charge in [0.1, 0.15) is 48.0 Å². The highest BCUT2D eigenvalue weighted by Crippen LogP contribution is 2.39. The largest absolute Gasteiger partial charge is 0.508 e. The molecule has 8 atom stereocenters. The average molecular weight is 1060 g/mol. The third-order valence-corrected chi connectivity index (χ3v) is 15.4. The molecule has 1 saturated heterocycles. The van der Waals surface area contributed by atoms with Gasteiger partial charge in [-0.15, -0.1) is 0 Å². The molecule has 24 heteroatoms. The van der Waals surface area contributed by atoms with Crippen molar-refractivity contribution in [3.63, 3.8) is 0 Å². The molecular weight excluding hydrogens is 997 g/mol. The Kier molecular flexibility index (Phi) is 20.8. The Morgan fingerprint density at radius 1 is 0.730 bits per heavy atom. The minimum atomic E-state index is -1.62. The summed E-state index contributed by atoms with van der Waals surface area (Å²) in [6, 6.07) is 9.70. The molecule has 15 N–H and O–H groups in total. The van der Waals surface area contributed by atoms with Crippen LogP contribution >= 0.6 is 21.6 Å². The van der Waals surface area contributed by atoms with E-state index in [1.807, 2.05) is 18.2 Å². The molecule has 22 nitrogen and oxygen atoms in total. The van der Waals surface area contributed by atoms with E-state index in [1.54, 1.807) is 70.3 Å². The predicted molar refractivity (Wildman–Crippen MR) is 278 cm³/mol. The number of H-pyrrole nitrogens is 1. The molecule has 1 aromatic heterocycles. The number of carboxylic acids is 2. The number of carboxylic acid groups (broad SMARTS) is 2. The van der Waals surface area contributed by atoms with Gasteiger partial charge in [0.2, 0.25) is 41.4 Å². The van der Waals surface area contributed by atoms with Crippen molar-refractivity contribution in [3.8, 4) is 5.75 Å². The maximum Gasteiger partial charge on any atom is 0.326 e. The molecule has 3 aromatic carbocycles. The lowest BCUT2D eigenvalue weighted by atomic mass is 9.98. The molecule has 1 fully saturated rings. The van der Waals surface area contributed by atoms with E-state index in [2.05, 4.69) is 42.2 Å². The van der Waals surface area contributed by atoms with Gasteiger partial charge in [0, 0.05) is 46.9 Å². The lowest BCUT2D eigenvalue weighted by molar-refractivity contribution is -0.143. The number of phenolic OH excluding ortho intramolecular Hbond substituents is 1. The number of rotatable bonds is 16. The van der Waals surface area contributed by atoms with Crippen LogP contribution < -0.4 is 48.7 Å². The van der Waals surface area contributed by atoms with Gasteiger partial charge in [0.05, 0.1) is 12.5 Å². The first-order chi connectivity index (χ1) is 35.1. The number of hydrogen-bond acceptors (Lipinski definition) is 14. The van der Waals surface area contributed by atoms with Crippen molar-refractivity contribution in [1.29, 1.82) is 0 Å². The van der Waals surface area contributed by atoms with Crippen LogP contribution in [0.25, 0.3) is 10.9 Å². The zero-order valence-corrected chi connectivity index (χ0v) is 42.8. The number of phenols is 1. The lowest BCUT2D eigenvalue weighted by Gasteiger charge is -2.35. The molecule has 1 aliphatic rings. The summed E-state index contributed by atoms with van der Waals surface area (Å²) >= 11 is 0. The lowest BCUT2D eigenvalue weighted by Crippen LogP contribution is -2.63. The summed E-state index contributed by atoms with van der Waals surface area (Å²) in [5.74, 6) is -10.1. The third-order valence-electron chi connectivity index (χ3n) is 12.1. The van der Waals surface area contributed by atoms with E-state index in [-0.39, 0.29) is 43.7 Å². The molecule has 4 aromatic rings. The van der Waals surface area contributed by atoms with Gasteiger partial charge in [-0.25, -0.2) is 4.79 Å². The molecule has 8 unspecified atom stereocenters. The Bertz CT molecular complexity index is 2650. The SMILES string of the molecule is CC(C)C(NC(=O)C1CSSC(C)(C)C(NC(=O)C(N)CC(=O)O)C(=O)NC(Cc2ccccc2)C(=O)NC(Cc2c[nH]c3ccccc23)C(=O)NC(CCN)C(=O)NC(Cc2ccc(O)cc2)C(=O)N1)C(=O)O. The fraction of sp³-hybridized carbons (Fsp3) is 0.420. The summed E-state index contributed by atoms with van der Waals surface area (Å²) in [5.41, 5.74) is 14.3. The van der Waals surface area contributed by atoms with E-state index >= 15 is 0 Å². The number of hydrogen-bond donors (Lipinski definition) is 13. The summed E-state index contributed by atoms with van der Waals surface area (Å²) in [6.45, 7) is 6.10. The van der Waals surface area contributed by atoms with Crippen LogP contribution in [-0.2, 0) is 62.4 Å². The van der Waals surface area contributed by atoms with Gasteiger partial charge in [-0.1, -0.05) is 96.1 Å². The molecule has 1 aliphatic heterocycles. The molecule has 5 rings (SSSR count). The number of aromatic nitrogens is 1. The summed E-state index contributed by atoms with van der Waals surface area (Å²) in [4.78, 5) is 128. The van der Waals surface area contributed by atoms with Gasteiger partial charge in [-0.05, 0) is 67.6 Å². The fourth-order valence-corrected chi connectivity index (χ4v) is 10.8. The maximum atomic E-state index is 14.8. The maximum absolute atomic E-state index is 14.8. The van der Waals surface area contributed by atoms with Crippen LogP contribution in [0.3, 0.4) is 0 Å². The quantitative estimate of drug-likeness (QED) is 0.0674. The van der Waals surface area contributed by atoms with Crippen LogP contribution in [0, 0.1) is 5.92 Å². The second-order valence-electron chi connectivity index (χ2n) is 18.7. The van der Waals surface area contributed by atoms with Gasteiger partial charge in [0.15, 0.2) is 0 Å². The molecule has 0 aliphatic carbocycles. The predicted octanol–water partition coefficient (Wildman–Crippen LogP) is 0.360. The highest BCUT2D eigenvalue weighted by molar-refractivity contribution is 8.77. The summed E-state index contributed by atoms with van der Waals surface area (Å²) in [7, 11) is 1.90. The number of carbonyl (C=O) groups is 9. The Hall–Kier alpha value is -7.15. The number of carbonyl (C=O) groups excluding carboxylic acids is 7. The van der Waals surface area contributed by atoms with E-state index in [0.717, 1.165) is 32.5 Å². The third kappa shape index (κ3) is 16.4. The van der Waals surface area contributed by atoms with Crippen molar-refractivity contribution in [1.82, 2.24) is 42.2 Å². The molecule has 0 spiro atoms. The van der Waals surface area contributed by atoms with Crippen molar-refractivity contribution in [3.05, 3.63) is 102 Å². The minimum absolute atomic E-state index is 0.0837. The van der Waals surface area contributed by atoms with Crippen LogP contribution in [-0.4, -0.2) is 139 Å². The second kappa shape index (κ2) is 26.7. The Labute approximate surface area is 434 Å². The van der Waals surface area contributed by atoms with Crippen molar-refractivity contribution < 1.29 is 58.5 Å². The zero-order chi connectivity index (χ0) is 54.3. The molecule has 7 amide bonds. The fourth-order valence-electron chi connectivity index (χ4n) is 7.98. The number of benzene rings is 3. The monoisotopic (exact) mass is 1060 g/mol. The van der Waals surface area contributed by atoms with E-state index in [1.165, 1.54) is 24.3 Å². The van der Waals surface area contributed by atoms with Crippen LogP contribution in [0.15, 0.2) is 85.1 Å². The van der Waals surface area contributed by atoms with Crippen LogP contribution in [0.2, 0.25) is 0 Å². The Morgan fingerprint density at radius 3 is 1.86 bits per heavy atom. The summed E-state index contributed by atoms with van der Waals surface area (Å²) in [5, 5.41) is 48.8. The van der Waals surface area contributed by atoms with Crippen molar-refractivity contribution in [2.75, 3.05) is 12.3 Å². The van der Waals surface area contributed by atoms with Crippen LogP contribution in [0.1, 0.15) is 57.2 Å². The smallest absolute Gasteiger partial charge is 0.326 e. The summed E-state index contributed by atoms with van der Waals surface area (Å²) in [6.07, 6.45) is 0.226. The average Bonchev–Trinajstić information content (AvgIpc) is 3.75. The van der Waals surface area contributed by atoms with Gasteiger partial charge in [0.25, 0.3) is 0 Å². The van der Waals surface area contributed by atoms with Gasteiger partial charge < -0.3 is 69.0 Å². The molecule has 74 heavy (non-hydrogen) atoms. The molecule has 398 valence electrons. The number of aromatic hydroxyl groups is 1. The highest BCUT2D eigenvalue weighted by atomic mass is 33.1. The number of nitrogens with one attached hydrogen (secondary N) is 8. The number of aromatic amines is 1. The zero-order valence-electron chi connectivity index (χ0n) is 41.2. The van der Waals surface area contributed by atoms with Crippen molar-refractivity contribution in [2.24, 2.45) is 17.4 Å². The first-order valence-corrected chi connectivity index (χ1v) is 26.1. The molecule has 0 radical (unpaired) electrons. The number of fused-ring (bicyclic) bond motifs is 1. The molecule has 0 bridgehead atoms. The molecular formula is C50H64N10O12S2. The number of aliphatic carboxylic acids is 2.